The second-order valence-corrected chi connectivity index (χ2v) is 6.29. The maximum atomic E-state index is 5.95. The highest BCUT2D eigenvalue weighted by molar-refractivity contribution is 9.10. The molecule has 0 saturated heterocycles. The van der Waals surface area contributed by atoms with Crippen LogP contribution >= 0.6 is 31.9 Å². The highest BCUT2D eigenvalue weighted by Gasteiger charge is 2.13. The van der Waals surface area contributed by atoms with Gasteiger partial charge in [0.1, 0.15) is 0 Å². The first kappa shape index (κ1) is 14.3. The molecule has 0 radical (unpaired) electrons. The number of rotatable bonds is 3. The summed E-state index contributed by atoms with van der Waals surface area (Å²) < 4.78 is 7.26. The molecule has 0 unspecified atom stereocenters. The van der Waals surface area contributed by atoms with Crippen molar-refractivity contribution in [1.82, 2.24) is 10.1 Å². The van der Waals surface area contributed by atoms with Crippen molar-refractivity contribution in [2.45, 2.75) is 6.42 Å². The number of nitrogens with zero attached hydrogens (tertiary/aromatic N) is 2. The van der Waals surface area contributed by atoms with E-state index >= 15 is 0 Å². The molecule has 0 bridgehead atoms. The van der Waals surface area contributed by atoms with Crippen molar-refractivity contribution in [3.63, 3.8) is 0 Å². The maximum Gasteiger partial charge on any atom is 0.260 e. The zero-order valence-electron chi connectivity index (χ0n) is 10.9. The molecule has 2 aromatic carbocycles. The molecule has 0 saturated carbocycles. The lowest BCUT2D eigenvalue weighted by atomic mass is 10.1. The van der Waals surface area contributed by atoms with Gasteiger partial charge in [0.2, 0.25) is 0 Å². The lowest BCUT2D eigenvalue weighted by Crippen LogP contribution is -1.93. The van der Waals surface area contributed by atoms with Crippen LogP contribution in [0.1, 0.15) is 11.4 Å². The largest absolute Gasteiger partial charge is 0.398 e. The second kappa shape index (κ2) is 5.99. The van der Waals surface area contributed by atoms with E-state index in [1.54, 1.807) is 6.07 Å². The van der Waals surface area contributed by atoms with Gasteiger partial charge in [-0.15, -0.1) is 0 Å². The molecular weight excluding hydrogens is 398 g/mol. The Balaban J connectivity index is 1.90. The molecule has 1 aromatic heterocycles. The molecule has 3 aromatic rings. The van der Waals surface area contributed by atoms with Crippen LogP contribution < -0.4 is 5.73 Å². The van der Waals surface area contributed by atoms with Gasteiger partial charge >= 0.3 is 0 Å². The summed E-state index contributed by atoms with van der Waals surface area (Å²) in [5.74, 6) is 1.05. The van der Waals surface area contributed by atoms with Gasteiger partial charge in [-0.1, -0.05) is 55.2 Å². The van der Waals surface area contributed by atoms with Crippen molar-refractivity contribution >= 4 is 37.5 Å². The number of aromatic nitrogens is 2. The summed E-state index contributed by atoms with van der Waals surface area (Å²) in [5, 5.41) is 4.02. The molecule has 0 aliphatic rings. The van der Waals surface area contributed by atoms with E-state index in [0.29, 0.717) is 23.8 Å². The summed E-state index contributed by atoms with van der Waals surface area (Å²) >= 11 is 6.93. The van der Waals surface area contributed by atoms with E-state index in [0.717, 1.165) is 20.1 Å². The van der Waals surface area contributed by atoms with E-state index < -0.39 is 0 Å². The molecule has 6 heteroatoms. The van der Waals surface area contributed by atoms with Crippen LogP contribution in [0.4, 0.5) is 5.69 Å². The Hall–Kier alpha value is -1.66. The van der Waals surface area contributed by atoms with Gasteiger partial charge in [-0.25, -0.2) is 0 Å². The monoisotopic (exact) mass is 407 g/mol. The van der Waals surface area contributed by atoms with E-state index in [-0.39, 0.29) is 0 Å². The molecule has 3 rings (SSSR count). The number of hydrogen-bond acceptors (Lipinski definition) is 4. The lowest BCUT2D eigenvalue weighted by molar-refractivity contribution is 0.424. The summed E-state index contributed by atoms with van der Waals surface area (Å²) in [6, 6.07) is 13.5. The fourth-order valence-corrected chi connectivity index (χ4v) is 2.75. The fourth-order valence-electron chi connectivity index (χ4n) is 1.96. The van der Waals surface area contributed by atoms with Crippen LogP contribution in [-0.2, 0) is 6.42 Å². The van der Waals surface area contributed by atoms with Crippen molar-refractivity contribution in [2.75, 3.05) is 5.73 Å². The van der Waals surface area contributed by atoms with Gasteiger partial charge in [0, 0.05) is 21.1 Å². The minimum absolute atomic E-state index is 0.427. The van der Waals surface area contributed by atoms with E-state index in [2.05, 4.69) is 42.0 Å². The van der Waals surface area contributed by atoms with Gasteiger partial charge in [0.15, 0.2) is 5.82 Å². The summed E-state index contributed by atoms with van der Waals surface area (Å²) in [6.45, 7) is 0. The van der Waals surface area contributed by atoms with Crippen molar-refractivity contribution in [1.29, 1.82) is 0 Å². The molecule has 21 heavy (non-hydrogen) atoms. The van der Waals surface area contributed by atoms with Crippen LogP contribution in [0.25, 0.3) is 11.5 Å². The van der Waals surface area contributed by atoms with Crippen molar-refractivity contribution in [3.8, 4) is 11.5 Å². The van der Waals surface area contributed by atoms with Crippen LogP contribution in [0.3, 0.4) is 0 Å². The first-order chi connectivity index (χ1) is 10.1. The van der Waals surface area contributed by atoms with E-state index in [9.17, 15) is 0 Å². The Morgan fingerprint density at radius 2 is 1.90 bits per heavy atom. The van der Waals surface area contributed by atoms with Gasteiger partial charge in [0.25, 0.3) is 5.89 Å². The predicted molar refractivity (Wildman–Crippen MR) is 88.8 cm³/mol. The SMILES string of the molecule is Nc1ccc(Br)cc1-c1nc(Cc2ccccc2Br)no1. The maximum absolute atomic E-state index is 5.95. The molecule has 0 atom stereocenters. The van der Waals surface area contributed by atoms with Gasteiger partial charge < -0.3 is 10.3 Å². The van der Waals surface area contributed by atoms with Gasteiger partial charge in [-0.2, -0.15) is 4.98 Å². The zero-order chi connectivity index (χ0) is 14.8. The van der Waals surface area contributed by atoms with Crippen LogP contribution in [0.15, 0.2) is 55.9 Å². The van der Waals surface area contributed by atoms with Crippen LogP contribution in [0.2, 0.25) is 0 Å². The van der Waals surface area contributed by atoms with Gasteiger partial charge in [-0.3, -0.25) is 0 Å². The Morgan fingerprint density at radius 3 is 2.71 bits per heavy atom. The van der Waals surface area contributed by atoms with Crippen molar-refractivity contribution in [2.24, 2.45) is 0 Å². The second-order valence-electron chi connectivity index (χ2n) is 4.52. The van der Waals surface area contributed by atoms with E-state index in [1.165, 1.54) is 0 Å². The van der Waals surface area contributed by atoms with Gasteiger partial charge in [0.05, 0.1) is 5.56 Å². The fraction of sp³-hybridized carbons (Fsp3) is 0.0667. The molecule has 0 aliphatic carbocycles. The average molecular weight is 409 g/mol. The third kappa shape index (κ3) is 3.16. The minimum Gasteiger partial charge on any atom is -0.398 e. The standard InChI is InChI=1S/C15H11Br2N3O/c16-10-5-6-13(18)11(8-10)15-19-14(20-21-15)7-9-3-1-2-4-12(9)17/h1-6,8H,7,18H2. The third-order valence-corrected chi connectivity index (χ3v) is 4.29. The molecule has 106 valence electrons. The van der Waals surface area contributed by atoms with Crippen LogP contribution in [0.5, 0.6) is 0 Å². The number of anilines is 1. The van der Waals surface area contributed by atoms with Crippen LogP contribution in [-0.4, -0.2) is 10.1 Å². The highest BCUT2D eigenvalue weighted by Crippen LogP contribution is 2.28. The smallest absolute Gasteiger partial charge is 0.260 e. The molecule has 4 nitrogen and oxygen atoms in total. The molecule has 0 spiro atoms. The summed E-state index contributed by atoms with van der Waals surface area (Å²) in [4.78, 5) is 4.42. The van der Waals surface area contributed by atoms with Crippen LogP contribution in [0, 0.1) is 0 Å². The summed E-state index contributed by atoms with van der Waals surface area (Å²) in [6.07, 6.45) is 0.596. The molecule has 1 heterocycles. The van der Waals surface area contributed by atoms with E-state index in [4.69, 9.17) is 10.3 Å². The van der Waals surface area contributed by atoms with E-state index in [1.807, 2.05) is 36.4 Å². The first-order valence-electron chi connectivity index (χ1n) is 6.25. The highest BCUT2D eigenvalue weighted by atomic mass is 79.9. The third-order valence-electron chi connectivity index (χ3n) is 3.02. The van der Waals surface area contributed by atoms with Crippen molar-refractivity contribution < 1.29 is 4.52 Å². The minimum atomic E-state index is 0.427. The number of hydrogen-bond donors (Lipinski definition) is 1. The Kier molecular flexibility index (Phi) is 4.07. The Labute approximate surface area is 138 Å². The Morgan fingerprint density at radius 1 is 1.10 bits per heavy atom. The number of benzene rings is 2. The average Bonchev–Trinajstić information content (AvgIpc) is 2.92. The quantitative estimate of drug-likeness (QED) is 0.650. The molecular formula is C15H11Br2N3O. The summed E-state index contributed by atoms with van der Waals surface area (Å²) in [7, 11) is 0. The molecule has 0 aliphatic heterocycles. The first-order valence-corrected chi connectivity index (χ1v) is 7.83. The summed E-state index contributed by atoms with van der Waals surface area (Å²) in [5.41, 5.74) is 8.39. The zero-order valence-corrected chi connectivity index (χ0v) is 14.1. The number of nitrogens with two attached hydrogens (primary N) is 1. The molecule has 0 fully saturated rings. The topological polar surface area (TPSA) is 64.9 Å². The molecule has 0 amide bonds. The lowest BCUT2D eigenvalue weighted by Gasteiger charge is -2.01. The Bertz CT molecular complexity index is 786. The number of nitrogen functional groups attached to an aromatic ring is 1. The molecule has 2 N–H and O–H groups in total. The number of halogens is 2. The normalized spacial score (nSPS) is 10.8. The predicted octanol–water partition coefficient (Wildman–Crippen LogP) is 4.43. The van der Waals surface area contributed by atoms with Gasteiger partial charge in [-0.05, 0) is 29.8 Å². The van der Waals surface area contributed by atoms with Crippen molar-refractivity contribution in [3.05, 3.63) is 62.8 Å².